The molecular weight excluding hydrogens is 332 g/mol. The van der Waals surface area contributed by atoms with Crippen LogP contribution < -0.4 is 5.32 Å². The molecule has 1 heterocycles. The summed E-state index contributed by atoms with van der Waals surface area (Å²) < 4.78 is 112. The van der Waals surface area contributed by atoms with Crippen LogP contribution in [0, 0.1) is 11.8 Å². The minimum absolute atomic E-state index is 0.132. The van der Waals surface area contributed by atoms with Gasteiger partial charge in [-0.1, -0.05) is 44.9 Å². The van der Waals surface area contributed by atoms with Crippen LogP contribution in [0.25, 0.3) is 0 Å². The monoisotopic (exact) mass is 374 g/mol. The third kappa shape index (κ3) is 4.49. The number of aliphatic hydroxyl groups is 1. The molecule has 1 aromatic carbocycles. The molecule has 2 rings (SSSR count). The highest BCUT2D eigenvalue weighted by molar-refractivity contribution is 5.92. The van der Waals surface area contributed by atoms with Crippen LogP contribution in [-0.4, -0.2) is 47.2 Å². The molecule has 1 aromatic rings. The van der Waals surface area contributed by atoms with Gasteiger partial charge in [0.25, 0.3) is 0 Å². The van der Waals surface area contributed by atoms with E-state index < -0.39 is 103 Å². The van der Waals surface area contributed by atoms with E-state index in [0.717, 1.165) is 14.0 Å². The second-order valence-electron chi connectivity index (χ2n) is 5.72. The lowest BCUT2D eigenvalue weighted by Crippen LogP contribution is -2.43. The first kappa shape index (κ1) is 8.21. The van der Waals surface area contributed by atoms with E-state index in [4.69, 9.17) is 19.2 Å². The third-order valence-corrected chi connectivity index (χ3v) is 3.61. The molecule has 0 bridgehead atoms. The van der Waals surface area contributed by atoms with Gasteiger partial charge in [-0.3, -0.25) is 14.4 Å². The fourth-order valence-corrected chi connectivity index (χ4v) is 2.10. The second-order valence-corrected chi connectivity index (χ2v) is 5.72. The van der Waals surface area contributed by atoms with Crippen LogP contribution in [0.3, 0.4) is 0 Å². The number of benzene rings is 1. The largest absolute Gasteiger partial charge is 0.385 e. The SMILES string of the molecule is [2H]c1c([2H])c([2H])c2c(c1[2H])C([2H])([2H])C([2H])([2H])N(C)C(=O)[C@@]2([2H])NC(=O)[C@H](C)CC(=O)[C@@]([2H])(O)C([2H])(C)C([2H])([2H])[2H]. The van der Waals surface area contributed by atoms with Crippen molar-refractivity contribution in [3.8, 4) is 0 Å². The molecule has 0 spiro atoms. The summed E-state index contributed by atoms with van der Waals surface area (Å²) in [6.45, 7) is -4.94. The zero-order valence-corrected chi connectivity index (χ0v) is 14.4. The Morgan fingerprint density at radius 1 is 1.54 bits per heavy atom. The quantitative estimate of drug-likeness (QED) is 0.789. The van der Waals surface area contributed by atoms with Crippen molar-refractivity contribution in [2.45, 2.75) is 45.6 Å². The number of likely N-dealkylation sites (N-methyl/N-ethyl adjacent to an activating group) is 1. The van der Waals surface area contributed by atoms with E-state index >= 15 is 0 Å². The molecule has 1 aliphatic rings. The number of nitrogens with zero attached hydrogens (tertiary/aromatic N) is 1. The summed E-state index contributed by atoms with van der Waals surface area (Å²) >= 11 is 0. The van der Waals surface area contributed by atoms with Gasteiger partial charge in [0.15, 0.2) is 5.78 Å². The normalized spacial score (nSPS) is 38.0. The average Bonchev–Trinajstić information content (AvgIpc) is 2.84. The molecule has 142 valence electrons. The lowest BCUT2D eigenvalue weighted by atomic mass is 9.94. The average molecular weight is 375 g/mol. The van der Waals surface area contributed by atoms with Gasteiger partial charge < -0.3 is 15.3 Å². The summed E-state index contributed by atoms with van der Waals surface area (Å²) in [7, 11) is 0.759. The van der Waals surface area contributed by atoms with Crippen LogP contribution in [0.1, 0.15) is 63.5 Å². The Morgan fingerprint density at radius 3 is 2.92 bits per heavy atom. The van der Waals surface area contributed by atoms with Crippen LogP contribution in [0.4, 0.5) is 0 Å². The van der Waals surface area contributed by atoms with Crippen molar-refractivity contribution in [3.05, 3.63) is 35.3 Å². The van der Waals surface area contributed by atoms with Gasteiger partial charge in [-0.05, 0) is 23.4 Å². The van der Waals surface area contributed by atoms with Crippen molar-refractivity contribution in [1.82, 2.24) is 10.2 Å². The number of hydrogen-bond acceptors (Lipinski definition) is 4. The van der Waals surface area contributed by atoms with Crippen molar-refractivity contribution in [3.63, 3.8) is 0 Å². The van der Waals surface area contributed by atoms with Crippen molar-refractivity contribution < 1.29 is 38.7 Å². The highest BCUT2D eigenvalue weighted by Crippen LogP contribution is 2.25. The third-order valence-electron chi connectivity index (χ3n) is 3.61. The number of amides is 2. The standard InChI is InChI=1S/C20H28N2O4/c1-12(2)18(24)16(23)11-13(3)19(25)21-17-15-8-6-5-7-14(15)9-10-22(4)20(17)26/h5-8,12-13,17-18,24H,9-11H2,1-4H3,(H,21,25)/t13-,17+,18+/m1/s1/i1D3,5D,6D,7D,8D,9D2,10D2,12D,17D,18D/t12?,13-,17+,18+. The number of fused-ring (bicyclic) bond motifs is 1. The molecule has 0 radical (unpaired) electrons. The molecule has 2 amide bonds. The molecule has 0 saturated carbocycles. The molecule has 6 heteroatoms. The predicted molar refractivity (Wildman–Crippen MR) is 98.3 cm³/mol. The van der Waals surface area contributed by atoms with Gasteiger partial charge in [-0.25, -0.2) is 0 Å². The molecular formula is C20H28N2O4. The maximum atomic E-state index is 13.4. The van der Waals surface area contributed by atoms with Crippen LogP contribution in [0.15, 0.2) is 24.2 Å². The summed E-state index contributed by atoms with van der Waals surface area (Å²) in [6, 6.07) is -7.46. The minimum Gasteiger partial charge on any atom is -0.385 e. The van der Waals surface area contributed by atoms with Gasteiger partial charge >= 0.3 is 0 Å². The van der Waals surface area contributed by atoms with Crippen LogP contribution in [-0.2, 0) is 20.8 Å². The maximum Gasteiger partial charge on any atom is 0.249 e. The van der Waals surface area contributed by atoms with E-state index in [1.165, 1.54) is 0 Å². The van der Waals surface area contributed by atoms with Crippen LogP contribution in [0.5, 0.6) is 0 Å². The van der Waals surface area contributed by atoms with E-state index in [-0.39, 0.29) is 4.90 Å². The molecule has 2 N–H and O–H groups in total. The molecule has 6 nitrogen and oxygen atoms in total. The summed E-state index contributed by atoms with van der Waals surface area (Å²) in [5.74, 6) is -9.21. The fourth-order valence-electron chi connectivity index (χ4n) is 2.10. The highest BCUT2D eigenvalue weighted by atomic mass is 16.3. The Morgan fingerprint density at radius 2 is 2.23 bits per heavy atom. The van der Waals surface area contributed by atoms with E-state index in [1.807, 2.05) is 5.32 Å². The summed E-state index contributed by atoms with van der Waals surface area (Å²) in [5.41, 5.74) is -2.17. The van der Waals surface area contributed by atoms with Gasteiger partial charge in [-0.2, -0.15) is 0 Å². The van der Waals surface area contributed by atoms with Crippen molar-refractivity contribution >= 4 is 17.6 Å². The Hall–Kier alpha value is -2.21. The van der Waals surface area contributed by atoms with Crippen molar-refractivity contribution in [2.24, 2.45) is 11.8 Å². The number of rotatable bonds is 6. The van der Waals surface area contributed by atoms with Gasteiger partial charge in [0.1, 0.15) is 12.1 Å². The number of Topliss-reactive ketones (excluding diaryl/α,β-unsaturated/α-hetero) is 1. The summed E-state index contributed by atoms with van der Waals surface area (Å²) in [5, 5.41) is 12.2. The first-order chi connectivity index (χ1) is 17.6. The fraction of sp³-hybridized carbons (Fsp3) is 0.550. The molecule has 0 aliphatic carbocycles. The molecule has 0 saturated heterocycles. The summed E-state index contributed by atoms with van der Waals surface area (Å²) in [6.07, 6.45) is -7.92. The molecule has 4 atom stereocenters. The first-order valence-corrected chi connectivity index (χ1v) is 7.61. The van der Waals surface area contributed by atoms with Crippen LogP contribution >= 0.6 is 0 Å². The van der Waals surface area contributed by atoms with Gasteiger partial charge in [0, 0.05) is 36.8 Å². The zero-order chi connectivity index (χ0) is 31.8. The van der Waals surface area contributed by atoms with E-state index in [0.29, 0.717) is 6.92 Å². The first-order valence-electron chi connectivity index (χ1n) is 14.6. The van der Waals surface area contributed by atoms with Gasteiger partial charge in [0.05, 0.1) is 8.22 Å². The number of hydrogen-bond donors (Lipinski definition) is 2. The molecule has 0 aromatic heterocycles. The van der Waals surface area contributed by atoms with Gasteiger partial charge in [-0.15, -0.1) is 0 Å². The number of carbonyl (C=O) groups excluding carboxylic acids is 3. The molecule has 26 heavy (non-hydrogen) atoms. The second kappa shape index (κ2) is 8.45. The number of nitrogens with one attached hydrogen (secondary N) is 1. The number of carbonyl (C=O) groups is 3. The van der Waals surface area contributed by atoms with Crippen LogP contribution in [0.2, 0.25) is 0 Å². The Labute approximate surface area is 174 Å². The Bertz CT molecular complexity index is 1260. The Balaban J connectivity index is 2.66. The highest BCUT2D eigenvalue weighted by Gasteiger charge is 2.32. The van der Waals surface area contributed by atoms with E-state index in [1.54, 1.807) is 0 Å². The van der Waals surface area contributed by atoms with E-state index in [2.05, 4.69) is 0 Å². The lowest BCUT2D eigenvalue weighted by molar-refractivity contribution is -0.137. The smallest absolute Gasteiger partial charge is 0.249 e. The lowest BCUT2D eigenvalue weighted by Gasteiger charge is -2.24. The molecule has 0 fully saturated rings. The van der Waals surface area contributed by atoms with Crippen molar-refractivity contribution in [2.75, 3.05) is 13.5 Å². The zero-order valence-electron chi connectivity index (χ0n) is 28.4. The topological polar surface area (TPSA) is 86.7 Å². The summed E-state index contributed by atoms with van der Waals surface area (Å²) in [4.78, 5) is 39.3. The maximum absolute atomic E-state index is 13.4. The van der Waals surface area contributed by atoms with E-state index in [9.17, 15) is 19.5 Å². The van der Waals surface area contributed by atoms with Gasteiger partial charge in [0.2, 0.25) is 11.8 Å². The number of ketones is 1. The predicted octanol–water partition coefficient (Wildman–Crippen LogP) is 1.47. The Kier molecular flexibility index (Phi) is 2.67. The molecule has 1 aliphatic heterocycles. The minimum atomic E-state index is -3.53. The van der Waals surface area contributed by atoms with Crippen molar-refractivity contribution in [1.29, 1.82) is 0 Å². The molecule has 1 unspecified atom stereocenters.